The Hall–Kier alpha value is -3.21. The first-order chi connectivity index (χ1) is 11.5. The molecular weight excluding hydrogens is 306 g/mol. The lowest BCUT2D eigenvalue weighted by Crippen LogP contribution is -2.05. The SMILES string of the molecule is Cc1cc(C)c2occ(C=Cc3ccc([N+](=O)[O-])cc3)c(=O)c2c1. The van der Waals surface area contributed by atoms with Crippen LogP contribution < -0.4 is 5.43 Å². The Kier molecular flexibility index (Phi) is 4.00. The average molecular weight is 321 g/mol. The third-order valence-electron chi connectivity index (χ3n) is 3.79. The summed E-state index contributed by atoms with van der Waals surface area (Å²) >= 11 is 0. The standard InChI is InChI=1S/C19H15NO4/c1-12-9-13(2)19-17(10-12)18(21)15(11-24-19)6-3-14-4-7-16(8-5-14)20(22)23/h3-11H,1-2H3. The van der Waals surface area contributed by atoms with Gasteiger partial charge in [0.15, 0.2) is 5.43 Å². The molecule has 0 bridgehead atoms. The quantitative estimate of drug-likeness (QED) is 0.526. The monoisotopic (exact) mass is 321 g/mol. The number of rotatable bonds is 3. The van der Waals surface area contributed by atoms with Gasteiger partial charge in [-0.05, 0) is 54.8 Å². The molecule has 0 radical (unpaired) electrons. The maximum absolute atomic E-state index is 12.6. The van der Waals surface area contributed by atoms with E-state index in [1.165, 1.54) is 18.4 Å². The maximum Gasteiger partial charge on any atom is 0.269 e. The number of aryl methyl sites for hydroxylation is 2. The minimum absolute atomic E-state index is 0.0309. The van der Waals surface area contributed by atoms with Crippen molar-refractivity contribution >= 4 is 28.8 Å². The normalized spacial score (nSPS) is 11.2. The van der Waals surface area contributed by atoms with E-state index in [0.29, 0.717) is 16.5 Å². The van der Waals surface area contributed by atoms with E-state index in [0.717, 1.165) is 16.7 Å². The van der Waals surface area contributed by atoms with Gasteiger partial charge < -0.3 is 4.42 Å². The van der Waals surface area contributed by atoms with E-state index in [4.69, 9.17) is 4.42 Å². The summed E-state index contributed by atoms with van der Waals surface area (Å²) in [6.45, 7) is 3.84. The lowest BCUT2D eigenvalue weighted by atomic mass is 10.1. The van der Waals surface area contributed by atoms with Gasteiger partial charge in [-0.2, -0.15) is 0 Å². The summed E-state index contributed by atoms with van der Waals surface area (Å²) in [5.41, 5.74) is 3.66. The van der Waals surface area contributed by atoms with Gasteiger partial charge in [0.05, 0.1) is 15.9 Å². The molecule has 0 spiro atoms. The van der Waals surface area contributed by atoms with Crippen LogP contribution in [0.1, 0.15) is 22.3 Å². The van der Waals surface area contributed by atoms with Gasteiger partial charge in [0.25, 0.3) is 5.69 Å². The molecule has 0 unspecified atom stereocenters. The highest BCUT2D eigenvalue weighted by molar-refractivity contribution is 5.83. The third-order valence-corrected chi connectivity index (χ3v) is 3.79. The highest BCUT2D eigenvalue weighted by atomic mass is 16.6. The largest absolute Gasteiger partial charge is 0.463 e. The molecule has 2 aromatic carbocycles. The summed E-state index contributed by atoms with van der Waals surface area (Å²) in [6, 6.07) is 9.90. The van der Waals surface area contributed by atoms with Gasteiger partial charge >= 0.3 is 0 Å². The number of non-ortho nitro benzene ring substituents is 1. The minimum Gasteiger partial charge on any atom is -0.463 e. The number of hydrogen-bond acceptors (Lipinski definition) is 4. The van der Waals surface area contributed by atoms with Gasteiger partial charge in [0.1, 0.15) is 11.8 Å². The van der Waals surface area contributed by atoms with E-state index in [1.807, 2.05) is 26.0 Å². The number of benzene rings is 2. The molecule has 5 heteroatoms. The van der Waals surface area contributed by atoms with E-state index < -0.39 is 4.92 Å². The van der Waals surface area contributed by atoms with E-state index >= 15 is 0 Å². The molecule has 0 fully saturated rings. The molecule has 0 aliphatic carbocycles. The van der Waals surface area contributed by atoms with Gasteiger partial charge in [-0.1, -0.05) is 12.1 Å². The highest BCUT2D eigenvalue weighted by Crippen LogP contribution is 2.19. The second kappa shape index (κ2) is 6.12. The second-order valence-corrected chi connectivity index (χ2v) is 5.66. The van der Waals surface area contributed by atoms with Crippen LogP contribution in [0.2, 0.25) is 0 Å². The third kappa shape index (κ3) is 2.96. The van der Waals surface area contributed by atoms with Crippen molar-refractivity contribution in [2.75, 3.05) is 0 Å². The van der Waals surface area contributed by atoms with Crippen molar-refractivity contribution < 1.29 is 9.34 Å². The Bertz CT molecular complexity index is 1010. The first-order valence-corrected chi connectivity index (χ1v) is 7.41. The number of nitro benzene ring substituents is 1. The average Bonchev–Trinajstić information content (AvgIpc) is 2.55. The fourth-order valence-electron chi connectivity index (χ4n) is 2.62. The Morgan fingerprint density at radius 3 is 2.46 bits per heavy atom. The fourth-order valence-corrected chi connectivity index (χ4v) is 2.62. The molecule has 3 aromatic rings. The zero-order valence-electron chi connectivity index (χ0n) is 13.3. The Labute approximate surface area is 138 Å². The minimum atomic E-state index is -0.448. The Balaban J connectivity index is 1.99. The van der Waals surface area contributed by atoms with Crippen molar-refractivity contribution in [3.63, 3.8) is 0 Å². The summed E-state index contributed by atoms with van der Waals surface area (Å²) < 4.78 is 5.61. The molecular formula is C19H15NO4. The zero-order chi connectivity index (χ0) is 17.3. The van der Waals surface area contributed by atoms with Gasteiger partial charge in [0.2, 0.25) is 0 Å². The van der Waals surface area contributed by atoms with Gasteiger partial charge in [-0.15, -0.1) is 0 Å². The van der Waals surface area contributed by atoms with Gasteiger partial charge in [-0.3, -0.25) is 14.9 Å². The highest BCUT2D eigenvalue weighted by Gasteiger charge is 2.08. The topological polar surface area (TPSA) is 73.3 Å². The summed E-state index contributed by atoms with van der Waals surface area (Å²) in [4.78, 5) is 22.8. The Morgan fingerprint density at radius 2 is 1.79 bits per heavy atom. The van der Waals surface area contributed by atoms with Gasteiger partial charge in [0, 0.05) is 12.1 Å². The first-order valence-electron chi connectivity index (χ1n) is 7.41. The molecule has 0 amide bonds. The molecule has 0 saturated heterocycles. The van der Waals surface area contributed by atoms with Crippen molar-refractivity contribution in [3.05, 3.63) is 85.3 Å². The van der Waals surface area contributed by atoms with E-state index in [-0.39, 0.29) is 11.1 Å². The van der Waals surface area contributed by atoms with E-state index in [9.17, 15) is 14.9 Å². The lowest BCUT2D eigenvalue weighted by Gasteiger charge is -2.03. The number of fused-ring (bicyclic) bond motifs is 1. The smallest absolute Gasteiger partial charge is 0.269 e. The van der Waals surface area contributed by atoms with Crippen LogP contribution in [-0.4, -0.2) is 4.92 Å². The number of hydrogen-bond donors (Lipinski definition) is 0. The van der Waals surface area contributed by atoms with Crippen LogP contribution >= 0.6 is 0 Å². The van der Waals surface area contributed by atoms with Crippen molar-refractivity contribution in [3.8, 4) is 0 Å². The predicted octanol–water partition coefficient (Wildman–Crippen LogP) is 4.49. The number of nitrogens with zero attached hydrogens (tertiary/aromatic N) is 1. The molecule has 1 heterocycles. The van der Waals surface area contributed by atoms with Crippen LogP contribution in [0.25, 0.3) is 23.1 Å². The summed E-state index contributed by atoms with van der Waals surface area (Å²) in [6.07, 6.45) is 4.82. The van der Waals surface area contributed by atoms with Gasteiger partial charge in [-0.25, -0.2) is 0 Å². The van der Waals surface area contributed by atoms with E-state index in [1.54, 1.807) is 24.3 Å². The molecule has 1 aromatic heterocycles. The molecule has 120 valence electrons. The molecule has 0 aliphatic rings. The molecule has 5 nitrogen and oxygen atoms in total. The van der Waals surface area contributed by atoms with Crippen LogP contribution in [0.3, 0.4) is 0 Å². The van der Waals surface area contributed by atoms with Crippen LogP contribution in [0.4, 0.5) is 5.69 Å². The maximum atomic E-state index is 12.6. The second-order valence-electron chi connectivity index (χ2n) is 5.66. The van der Waals surface area contributed by atoms with Crippen LogP contribution in [0, 0.1) is 24.0 Å². The summed E-state index contributed by atoms with van der Waals surface area (Å²) in [7, 11) is 0. The molecule has 0 saturated carbocycles. The molecule has 3 rings (SSSR count). The van der Waals surface area contributed by atoms with Crippen molar-refractivity contribution in [1.82, 2.24) is 0 Å². The molecule has 0 aliphatic heterocycles. The van der Waals surface area contributed by atoms with Crippen molar-refractivity contribution in [2.24, 2.45) is 0 Å². The van der Waals surface area contributed by atoms with E-state index in [2.05, 4.69) is 0 Å². The molecule has 0 N–H and O–H groups in total. The summed E-state index contributed by atoms with van der Waals surface area (Å²) in [5, 5.41) is 11.2. The van der Waals surface area contributed by atoms with Crippen LogP contribution in [-0.2, 0) is 0 Å². The summed E-state index contributed by atoms with van der Waals surface area (Å²) in [5.74, 6) is 0. The number of nitro groups is 1. The first kappa shape index (κ1) is 15.7. The van der Waals surface area contributed by atoms with Crippen molar-refractivity contribution in [2.45, 2.75) is 13.8 Å². The van der Waals surface area contributed by atoms with Crippen molar-refractivity contribution in [1.29, 1.82) is 0 Å². The Morgan fingerprint density at radius 1 is 1.08 bits per heavy atom. The van der Waals surface area contributed by atoms with Crippen LogP contribution in [0.5, 0.6) is 0 Å². The van der Waals surface area contributed by atoms with Crippen LogP contribution in [0.15, 0.2) is 51.9 Å². The molecule has 24 heavy (non-hydrogen) atoms. The lowest BCUT2D eigenvalue weighted by molar-refractivity contribution is -0.384. The predicted molar refractivity (Wildman–Crippen MR) is 94.0 cm³/mol. The fraction of sp³-hybridized carbons (Fsp3) is 0.105. The molecule has 0 atom stereocenters. The zero-order valence-corrected chi connectivity index (χ0v) is 13.3.